The average Bonchev–Trinajstić information content (AvgIpc) is 3.31. The topological polar surface area (TPSA) is 45.7 Å². The van der Waals surface area contributed by atoms with Gasteiger partial charge in [0.1, 0.15) is 12.4 Å². The van der Waals surface area contributed by atoms with Crippen LogP contribution in [0.1, 0.15) is 31.0 Å². The first-order chi connectivity index (χ1) is 11.7. The predicted molar refractivity (Wildman–Crippen MR) is 94.3 cm³/mol. The zero-order valence-corrected chi connectivity index (χ0v) is 14.6. The third-order valence-corrected chi connectivity index (χ3v) is 5.30. The van der Waals surface area contributed by atoms with Gasteiger partial charge in [-0.2, -0.15) is 0 Å². The van der Waals surface area contributed by atoms with E-state index >= 15 is 0 Å². The second kappa shape index (κ2) is 6.53. The molecule has 1 fully saturated rings. The van der Waals surface area contributed by atoms with Crippen molar-refractivity contribution in [1.29, 1.82) is 0 Å². The lowest BCUT2D eigenvalue weighted by molar-refractivity contribution is -0.116. The van der Waals surface area contributed by atoms with Crippen molar-refractivity contribution in [2.45, 2.75) is 38.9 Å². The number of rotatable bonds is 4. The van der Waals surface area contributed by atoms with Gasteiger partial charge in [0.2, 0.25) is 5.91 Å². The van der Waals surface area contributed by atoms with Crippen LogP contribution in [0.5, 0.6) is 5.75 Å². The van der Waals surface area contributed by atoms with Gasteiger partial charge in [0.05, 0.1) is 5.69 Å². The summed E-state index contributed by atoms with van der Waals surface area (Å²) in [4.78, 5) is 20.8. The standard InChI is InChI=1S/C18H21N3O2S/c1-13(22)21(16-6-7-16)18-19-15(12-24-18)11-20-8-9-23-17-5-3-2-4-14(17)10-20/h2-5,12,16H,6-11H2,1H3. The fourth-order valence-electron chi connectivity index (χ4n) is 3.10. The smallest absolute Gasteiger partial charge is 0.225 e. The van der Waals surface area contributed by atoms with Gasteiger partial charge in [0.15, 0.2) is 5.13 Å². The molecule has 126 valence electrons. The minimum absolute atomic E-state index is 0.0931. The van der Waals surface area contributed by atoms with Crippen LogP contribution in [-0.2, 0) is 17.9 Å². The lowest BCUT2D eigenvalue weighted by Gasteiger charge is -2.18. The molecule has 0 bridgehead atoms. The highest BCUT2D eigenvalue weighted by molar-refractivity contribution is 7.14. The molecule has 24 heavy (non-hydrogen) atoms. The molecule has 4 rings (SSSR count). The Hall–Kier alpha value is -1.92. The van der Waals surface area contributed by atoms with E-state index in [1.165, 1.54) is 5.56 Å². The van der Waals surface area contributed by atoms with Crippen molar-refractivity contribution in [3.63, 3.8) is 0 Å². The zero-order valence-electron chi connectivity index (χ0n) is 13.8. The second-order valence-electron chi connectivity index (χ2n) is 6.41. The van der Waals surface area contributed by atoms with E-state index < -0.39 is 0 Å². The number of fused-ring (bicyclic) bond motifs is 1. The number of anilines is 1. The van der Waals surface area contributed by atoms with E-state index in [-0.39, 0.29) is 5.91 Å². The number of amides is 1. The van der Waals surface area contributed by atoms with Crippen LogP contribution in [0.3, 0.4) is 0 Å². The van der Waals surface area contributed by atoms with Gasteiger partial charge >= 0.3 is 0 Å². The molecule has 1 aliphatic carbocycles. The van der Waals surface area contributed by atoms with Crippen molar-refractivity contribution < 1.29 is 9.53 Å². The van der Waals surface area contributed by atoms with Crippen molar-refractivity contribution in [3.8, 4) is 5.75 Å². The lowest BCUT2D eigenvalue weighted by Crippen LogP contribution is -2.30. The third-order valence-electron chi connectivity index (χ3n) is 4.41. The fourth-order valence-corrected chi connectivity index (χ4v) is 4.03. The first kappa shape index (κ1) is 15.6. The Morgan fingerprint density at radius 2 is 2.25 bits per heavy atom. The van der Waals surface area contributed by atoms with Crippen LogP contribution >= 0.6 is 11.3 Å². The number of ether oxygens (including phenoxy) is 1. The molecule has 1 aromatic heterocycles. The summed E-state index contributed by atoms with van der Waals surface area (Å²) >= 11 is 1.57. The maximum atomic E-state index is 11.9. The summed E-state index contributed by atoms with van der Waals surface area (Å²) in [5, 5.41) is 2.91. The zero-order chi connectivity index (χ0) is 16.5. The molecule has 2 heterocycles. The molecule has 6 heteroatoms. The molecule has 0 radical (unpaired) electrons. The van der Waals surface area contributed by atoms with Crippen LogP contribution < -0.4 is 9.64 Å². The molecule has 1 aromatic carbocycles. The Labute approximate surface area is 145 Å². The molecule has 5 nitrogen and oxygen atoms in total. The fraction of sp³-hybridized carbons (Fsp3) is 0.444. The van der Waals surface area contributed by atoms with Crippen molar-refractivity contribution in [1.82, 2.24) is 9.88 Å². The molecule has 1 saturated carbocycles. The number of carbonyl (C=O) groups excluding carboxylic acids is 1. The Morgan fingerprint density at radius 3 is 3.04 bits per heavy atom. The third kappa shape index (κ3) is 3.30. The van der Waals surface area contributed by atoms with Crippen LogP contribution in [0.2, 0.25) is 0 Å². The summed E-state index contributed by atoms with van der Waals surface area (Å²) in [6.07, 6.45) is 2.18. The summed E-state index contributed by atoms with van der Waals surface area (Å²) in [6, 6.07) is 8.56. The molecule has 1 amide bonds. The predicted octanol–water partition coefficient (Wildman–Crippen LogP) is 3.05. The van der Waals surface area contributed by atoms with Gasteiger partial charge in [-0.1, -0.05) is 18.2 Å². The number of benzene rings is 1. The number of para-hydroxylation sites is 1. The molecule has 0 unspecified atom stereocenters. The number of carbonyl (C=O) groups is 1. The van der Waals surface area contributed by atoms with Gasteiger partial charge in [-0.25, -0.2) is 4.98 Å². The molecule has 2 aliphatic rings. The maximum Gasteiger partial charge on any atom is 0.225 e. The summed E-state index contributed by atoms with van der Waals surface area (Å²) in [7, 11) is 0. The van der Waals surface area contributed by atoms with E-state index in [1.54, 1.807) is 18.3 Å². The minimum Gasteiger partial charge on any atom is -0.492 e. The highest BCUT2D eigenvalue weighted by Gasteiger charge is 2.33. The number of nitrogens with zero attached hydrogens (tertiary/aromatic N) is 3. The average molecular weight is 343 g/mol. The number of thiazole rings is 1. The van der Waals surface area contributed by atoms with Gasteiger partial charge < -0.3 is 4.74 Å². The quantitative estimate of drug-likeness (QED) is 0.856. The monoisotopic (exact) mass is 343 g/mol. The summed E-state index contributed by atoms with van der Waals surface area (Å²) in [5.41, 5.74) is 2.25. The molecule has 0 atom stereocenters. The van der Waals surface area contributed by atoms with Gasteiger partial charge in [0.25, 0.3) is 0 Å². The van der Waals surface area contributed by atoms with E-state index in [9.17, 15) is 4.79 Å². The second-order valence-corrected chi connectivity index (χ2v) is 7.25. The van der Waals surface area contributed by atoms with E-state index in [1.807, 2.05) is 23.1 Å². The van der Waals surface area contributed by atoms with E-state index in [4.69, 9.17) is 9.72 Å². The van der Waals surface area contributed by atoms with Crippen molar-refractivity contribution >= 4 is 22.4 Å². The number of aromatic nitrogens is 1. The van der Waals surface area contributed by atoms with Crippen LogP contribution in [0.25, 0.3) is 0 Å². The van der Waals surface area contributed by atoms with E-state index in [2.05, 4.69) is 16.3 Å². The van der Waals surface area contributed by atoms with Gasteiger partial charge in [0, 0.05) is 43.5 Å². The Bertz CT molecular complexity index is 741. The number of hydrogen-bond donors (Lipinski definition) is 0. The molecular weight excluding hydrogens is 322 g/mol. The lowest BCUT2D eigenvalue weighted by atomic mass is 10.2. The van der Waals surface area contributed by atoms with Crippen molar-refractivity contribution in [2.75, 3.05) is 18.1 Å². The van der Waals surface area contributed by atoms with Crippen LogP contribution in [-0.4, -0.2) is 35.0 Å². The van der Waals surface area contributed by atoms with E-state index in [0.717, 1.165) is 49.1 Å². The van der Waals surface area contributed by atoms with Crippen LogP contribution in [0, 0.1) is 0 Å². The minimum atomic E-state index is 0.0931. The first-order valence-electron chi connectivity index (χ1n) is 8.38. The summed E-state index contributed by atoms with van der Waals surface area (Å²) < 4.78 is 5.82. The van der Waals surface area contributed by atoms with Gasteiger partial charge in [-0.3, -0.25) is 14.6 Å². The van der Waals surface area contributed by atoms with Crippen molar-refractivity contribution in [2.24, 2.45) is 0 Å². The molecule has 1 aliphatic heterocycles. The molecule has 0 spiro atoms. The first-order valence-corrected chi connectivity index (χ1v) is 9.26. The largest absolute Gasteiger partial charge is 0.492 e. The Balaban J connectivity index is 1.47. The maximum absolute atomic E-state index is 11.9. The van der Waals surface area contributed by atoms with Crippen LogP contribution in [0.15, 0.2) is 29.6 Å². The molecule has 2 aromatic rings. The highest BCUT2D eigenvalue weighted by Crippen LogP contribution is 2.34. The van der Waals surface area contributed by atoms with Gasteiger partial charge in [-0.15, -0.1) is 11.3 Å². The SMILES string of the molecule is CC(=O)N(c1nc(CN2CCOc3ccccc3C2)cs1)C1CC1. The molecule has 0 N–H and O–H groups in total. The molecular formula is C18H21N3O2S. The Morgan fingerprint density at radius 1 is 1.42 bits per heavy atom. The van der Waals surface area contributed by atoms with Crippen molar-refractivity contribution in [3.05, 3.63) is 40.9 Å². The van der Waals surface area contributed by atoms with E-state index in [0.29, 0.717) is 12.6 Å². The molecule has 0 saturated heterocycles. The van der Waals surface area contributed by atoms with Crippen LogP contribution in [0.4, 0.5) is 5.13 Å². The normalized spacial score (nSPS) is 17.7. The number of hydrogen-bond acceptors (Lipinski definition) is 5. The summed E-state index contributed by atoms with van der Waals surface area (Å²) in [5.74, 6) is 1.07. The van der Waals surface area contributed by atoms with Gasteiger partial charge in [-0.05, 0) is 18.9 Å². The highest BCUT2D eigenvalue weighted by atomic mass is 32.1. The Kier molecular flexibility index (Phi) is 4.24. The summed E-state index contributed by atoms with van der Waals surface area (Å²) in [6.45, 7) is 4.84.